The predicted octanol–water partition coefficient (Wildman–Crippen LogP) is 4.29. The van der Waals surface area contributed by atoms with E-state index in [1.807, 2.05) is 44.6 Å². The Morgan fingerprint density at radius 2 is 1.90 bits per heavy atom. The third kappa shape index (κ3) is 3.46. The van der Waals surface area contributed by atoms with Crippen molar-refractivity contribution in [1.82, 2.24) is 24.3 Å². The van der Waals surface area contributed by atoms with Crippen LogP contribution in [0, 0.1) is 26.7 Å². The number of aryl methyl sites for hydroxylation is 3. The molecule has 0 unspecified atom stereocenters. The summed E-state index contributed by atoms with van der Waals surface area (Å²) < 4.78 is 8.26. The number of fused-ring (bicyclic) bond motifs is 1. The van der Waals surface area contributed by atoms with Gasteiger partial charge in [-0.05, 0) is 51.0 Å². The number of rotatable bonds is 5. The van der Waals surface area contributed by atoms with Crippen LogP contribution in [0.1, 0.15) is 35.1 Å². The van der Waals surface area contributed by atoms with Crippen molar-refractivity contribution < 1.29 is 4.74 Å². The Bertz CT molecular complexity index is 1180. The fraction of sp³-hybridized carbons (Fsp3) is 0.304. The van der Waals surface area contributed by atoms with Crippen molar-refractivity contribution in [1.29, 1.82) is 0 Å². The summed E-state index contributed by atoms with van der Waals surface area (Å²) in [6.45, 7) is 6.62. The number of ether oxygens (including phenoxy) is 1. The van der Waals surface area contributed by atoms with Crippen LogP contribution in [0.4, 0.5) is 0 Å². The van der Waals surface area contributed by atoms with Crippen molar-refractivity contribution >= 4 is 5.65 Å². The lowest BCUT2D eigenvalue weighted by Crippen LogP contribution is -2.06. The van der Waals surface area contributed by atoms with E-state index in [4.69, 9.17) is 4.74 Å². The normalized spacial score (nSPS) is 18.2. The van der Waals surface area contributed by atoms with Crippen molar-refractivity contribution in [2.45, 2.75) is 33.1 Å². The van der Waals surface area contributed by atoms with E-state index >= 15 is 0 Å². The first-order chi connectivity index (χ1) is 14.1. The van der Waals surface area contributed by atoms with Gasteiger partial charge >= 0.3 is 0 Å². The van der Waals surface area contributed by atoms with Gasteiger partial charge in [-0.1, -0.05) is 6.07 Å². The summed E-state index contributed by atoms with van der Waals surface area (Å²) in [5.74, 6) is 2.30. The number of imidazole rings is 1. The second-order valence-electron chi connectivity index (χ2n) is 7.86. The number of hydrogen-bond donors (Lipinski definition) is 0. The molecule has 1 fully saturated rings. The van der Waals surface area contributed by atoms with Gasteiger partial charge in [0.1, 0.15) is 11.5 Å². The highest BCUT2D eigenvalue weighted by Gasteiger charge is 2.40. The van der Waals surface area contributed by atoms with Crippen molar-refractivity contribution in [2.75, 3.05) is 6.61 Å². The predicted molar refractivity (Wildman–Crippen MR) is 111 cm³/mol. The smallest absolute Gasteiger partial charge is 0.224 e. The Morgan fingerprint density at radius 3 is 2.72 bits per heavy atom. The largest absolute Gasteiger partial charge is 0.477 e. The highest BCUT2D eigenvalue weighted by atomic mass is 16.5. The van der Waals surface area contributed by atoms with Gasteiger partial charge in [-0.15, -0.1) is 0 Å². The number of hydrogen-bond acceptors (Lipinski definition) is 5. The lowest BCUT2D eigenvalue weighted by molar-refractivity contribution is 0.285. The average Bonchev–Trinajstić information content (AvgIpc) is 3.42. The summed E-state index contributed by atoms with van der Waals surface area (Å²) in [7, 11) is 0. The summed E-state index contributed by atoms with van der Waals surface area (Å²) in [4.78, 5) is 17.9. The molecule has 0 amide bonds. The van der Waals surface area contributed by atoms with E-state index in [-0.39, 0.29) is 0 Å². The van der Waals surface area contributed by atoms with Crippen LogP contribution in [0.5, 0.6) is 5.88 Å². The van der Waals surface area contributed by atoms with Gasteiger partial charge in [0.2, 0.25) is 5.88 Å². The van der Waals surface area contributed by atoms with Crippen molar-refractivity contribution in [3.63, 3.8) is 0 Å². The molecule has 0 bridgehead atoms. The van der Waals surface area contributed by atoms with Crippen LogP contribution < -0.4 is 4.74 Å². The molecule has 6 heteroatoms. The molecule has 29 heavy (non-hydrogen) atoms. The van der Waals surface area contributed by atoms with E-state index in [2.05, 4.69) is 49.6 Å². The van der Waals surface area contributed by atoms with Gasteiger partial charge in [-0.2, -0.15) is 4.98 Å². The van der Waals surface area contributed by atoms with Gasteiger partial charge in [0.25, 0.3) is 0 Å². The van der Waals surface area contributed by atoms with Crippen LogP contribution in [0.2, 0.25) is 0 Å². The third-order valence-electron chi connectivity index (χ3n) is 5.55. The van der Waals surface area contributed by atoms with E-state index in [0.29, 0.717) is 30.1 Å². The zero-order valence-electron chi connectivity index (χ0n) is 16.8. The summed E-state index contributed by atoms with van der Waals surface area (Å²) in [5.41, 5.74) is 6.27. The van der Waals surface area contributed by atoms with E-state index in [1.165, 1.54) is 5.56 Å². The molecule has 0 spiro atoms. The molecule has 146 valence electrons. The maximum absolute atomic E-state index is 6.19. The van der Waals surface area contributed by atoms with Gasteiger partial charge in [-0.3, -0.25) is 4.98 Å². The lowest BCUT2D eigenvalue weighted by Gasteiger charge is -2.11. The third-order valence-corrected chi connectivity index (χ3v) is 5.55. The summed E-state index contributed by atoms with van der Waals surface area (Å²) in [6.07, 6.45) is 8.82. The average molecular weight is 385 g/mol. The molecule has 0 radical (unpaired) electrons. The number of aromatic nitrogens is 5. The molecule has 1 aliphatic carbocycles. The van der Waals surface area contributed by atoms with Gasteiger partial charge in [-0.25, -0.2) is 9.97 Å². The van der Waals surface area contributed by atoms with Crippen molar-refractivity contribution in [2.24, 2.45) is 5.92 Å². The molecule has 1 saturated carbocycles. The highest BCUT2D eigenvalue weighted by Crippen LogP contribution is 2.47. The molecular formula is C23H23N5O. The molecule has 0 saturated heterocycles. The Labute approximate surface area is 169 Å². The van der Waals surface area contributed by atoms with Gasteiger partial charge < -0.3 is 9.14 Å². The second kappa shape index (κ2) is 6.95. The first kappa shape index (κ1) is 17.8. The maximum Gasteiger partial charge on any atom is 0.224 e. The number of pyridine rings is 2. The van der Waals surface area contributed by atoms with E-state index in [1.54, 1.807) is 0 Å². The molecule has 4 heterocycles. The van der Waals surface area contributed by atoms with Crippen LogP contribution in [0.3, 0.4) is 0 Å². The van der Waals surface area contributed by atoms with E-state index < -0.39 is 0 Å². The highest BCUT2D eigenvalue weighted by molar-refractivity contribution is 5.68. The van der Waals surface area contributed by atoms with Gasteiger partial charge in [0.15, 0.2) is 0 Å². The first-order valence-corrected chi connectivity index (χ1v) is 9.91. The molecule has 5 rings (SSSR count). The molecule has 4 aromatic heterocycles. The number of nitrogens with zero attached hydrogens (tertiary/aromatic N) is 5. The lowest BCUT2D eigenvalue weighted by atomic mass is 10.1. The Hall–Kier alpha value is -3.28. The van der Waals surface area contributed by atoms with Crippen LogP contribution in [-0.4, -0.2) is 30.9 Å². The summed E-state index contributed by atoms with van der Waals surface area (Å²) in [6, 6.07) is 8.30. The monoisotopic (exact) mass is 385 g/mol. The molecule has 6 nitrogen and oxygen atoms in total. The van der Waals surface area contributed by atoms with Crippen molar-refractivity contribution in [3.8, 4) is 17.0 Å². The van der Waals surface area contributed by atoms with Gasteiger partial charge in [0.05, 0.1) is 12.2 Å². The molecule has 1 aliphatic rings. The quantitative estimate of drug-likeness (QED) is 0.513. The molecule has 4 aromatic rings. The van der Waals surface area contributed by atoms with Crippen LogP contribution >= 0.6 is 0 Å². The zero-order valence-corrected chi connectivity index (χ0v) is 16.8. The van der Waals surface area contributed by atoms with Gasteiger partial charge in [0, 0.05) is 53.6 Å². The Morgan fingerprint density at radius 1 is 1.00 bits per heavy atom. The minimum Gasteiger partial charge on any atom is -0.477 e. The molecule has 0 N–H and O–H groups in total. The van der Waals surface area contributed by atoms with E-state index in [9.17, 15) is 0 Å². The molecular weight excluding hydrogens is 362 g/mol. The molecule has 0 aliphatic heterocycles. The van der Waals surface area contributed by atoms with E-state index in [0.717, 1.165) is 34.6 Å². The Balaban J connectivity index is 1.37. The summed E-state index contributed by atoms with van der Waals surface area (Å²) in [5, 5.41) is 0. The zero-order chi connectivity index (χ0) is 20.0. The van der Waals surface area contributed by atoms with Crippen LogP contribution in [0.15, 0.2) is 49.1 Å². The SMILES string of the molecule is Cc1ccc([C@H]2C[C@@H]2COc2nc(C)ncc2-c2ccc3ncc(C)n3c2)nc1. The maximum atomic E-state index is 6.19. The standard InChI is InChI=1S/C23H23N5O/c1-14-4-6-21(25-9-14)19-8-18(19)13-29-23-20(11-24-16(3)27-23)17-5-7-22-26-10-15(2)28(22)12-17/h4-7,9-12,18-19H,8,13H2,1-3H3/t18-,19+/m1/s1. The topological polar surface area (TPSA) is 65.2 Å². The molecule has 2 atom stereocenters. The minimum absolute atomic E-state index is 0.478. The first-order valence-electron chi connectivity index (χ1n) is 9.91. The minimum atomic E-state index is 0.478. The van der Waals surface area contributed by atoms with Crippen LogP contribution in [-0.2, 0) is 0 Å². The van der Waals surface area contributed by atoms with Crippen LogP contribution in [0.25, 0.3) is 16.8 Å². The molecule has 0 aromatic carbocycles. The second-order valence-corrected chi connectivity index (χ2v) is 7.86. The summed E-state index contributed by atoms with van der Waals surface area (Å²) >= 11 is 0. The van der Waals surface area contributed by atoms with Crippen molar-refractivity contribution in [3.05, 3.63) is 71.8 Å². The Kier molecular flexibility index (Phi) is 4.27. The fourth-order valence-corrected chi connectivity index (χ4v) is 3.70. The fourth-order valence-electron chi connectivity index (χ4n) is 3.70.